The lowest BCUT2D eigenvalue weighted by atomic mass is 10.2. The predicted octanol–water partition coefficient (Wildman–Crippen LogP) is 1.81. The van der Waals surface area contributed by atoms with Gasteiger partial charge in [0.05, 0.1) is 11.7 Å². The van der Waals surface area contributed by atoms with Crippen molar-refractivity contribution in [3.8, 4) is 0 Å². The van der Waals surface area contributed by atoms with Gasteiger partial charge in [0, 0.05) is 30.9 Å². The van der Waals surface area contributed by atoms with Gasteiger partial charge in [-0.1, -0.05) is 13.0 Å². The van der Waals surface area contributed by atoms with Crippen molar-refractivity contribution in [2.24, 2.45) is 0 Å². The van der Waals surface area contributed by atoms with Crippen LogP contribution >= 0.6 is 0 Å². The molecule has 4 nitrogen and oxygen atoms in total. The van der Waals surface area contributed by atoms with Crippen molar-refractivity contribution >= 4 is 5.52 Å². The molecular weight excluding hydrogens is 224 g/mol. The highest BCUT2D eigenvalue weighted by molar-refractivity contribution is 5.53. The quantitative estimate of drug-likeness (QED) is 0.732. The molecule has 0 spiro atoms. The van der Waals surface area contributed by atoms with E-state index in [1.807, 2.05) is 29.0 Å². The van der Waals surface area contributed by atoms with Crippen LogP contribution < -0.4 is 10.6 Å². The number of pyridine rings is 1. The van der Waals surface area contributed by atoms with E-state index in [4.69, 9.17) is 0 Å². The number of fused-ring (bicyclic) bond motifs is 1. The Morgan fingerprint density at radius 2 is 2.28 bits per heavy atom. The van der Waals surface area contributed by atoms with Crippen molar-refractivity contribution < 1.29 is 0 Å². The second-order valence-electron chi connectivity index (χ2n) is 4.69. The van der Waals surface area contributed by atoms with E-state index in [0.717, 1.165) is 19.6 Å². The Hall–Kier alpha value is -1.39. The Morgan fingerprint density at radius 3 is 3.11 bits per heavy atom. The molecule has 0 aliphatic carbocycles. The second kappa shape index (κ2) is 6.52. The van der Waals surface area contributed by atoms with E-state index < -0.39 is 0 Å². The summed E-state index contributed by atoms with van der Waals surface area (Å²) < 4.78 is 1.91. The molecule has 2 N–H and O–H groups in total. The molecule has 0 aliphatic heterocycles. The van der Waals surface area contributed by atoms with Crippen LogP contribution in [0.4, 0.5) is 0 Å². The molecule has 2 aromatic rings. The van der Waals surface area contributed by atoms with Gasteiger partial charge in [0.1, 0.15) is 0 Å². The minimum absolute atomic E-state index is 0.468. The van der Waals surface area contributed by atoms with E-state index in [9.17, 15) is 0 Å². The van der Waals surface area contributed by atoms with Gasteiger partial charge in [0.25, 0.3) is 0 Å². The minimum atomic E-state index is 0.468. The molecule has 1 unspecified atom stereocenters. The first-order valence-corrected chi connectivity index (χ1v) is 6.66. The van der Waals surface area contributed by atoms with Crippen LogP contribution in [0.3, 0.4) is 0 Å². The minimum Gasteiger partial charge on any atom is -0.315 e. The van der Waals surface area contributed by atoms with Crippen molar-refractivity contribution in [3.63, 3.8) is 0 Å². The van der Waals surface area contributed by atoms with Gasteiger partial charge in [-0.25, -0.2) is 4.52 Å². The standard InChI is InChI=1S/C14H22N4/c1-3-7-15-9-12(2)16-10-13-11-17-18-8-5-4-6-14(13)18/h4-6,8,11-12,15-16H,3,7,9-10H2,1-2H3. The van der Waals surface area contributed by atoms with Crippen LogP contribution in [0.2, 0.25) is 0 Å². The lowest BCUT2D eigenvalue weighted by Crippen LogP contribution is -2.36. The maximum absolute atomic E-state index is 4.33. The highest BCUT2D eigenvalue weighted by atomic mass is 15.2. The van der Waals surface area contributed by atoms with Crippen LogP contribution in [0.25, 0.3) is 5.52 Å². The molecule has 0 aromatic carbocycles. The molecule has 2 aromatic heterocycles. The van der Waals surface area contributed by atoms with Crippen LogP contribution in [0.1, 0.15) is 25.8 Å². The largest absolute Gasteiger partial charge is 0.315 e. The average Bonchev–Trinajstić information content (AvgIpc) is 2.80. The summed E-state index contributed by atoms with van der Waals surface area (Å²) in [7, 11) is 0. The molecule has 0 amide bonds. The average molecular weight is 246 g/mol. The smallest absolute Gasteiger partial charge is 0.0706 e. The highest BCUT2D eigenvalue weighted by Gasteiger charge is 2.05. The molecule has 98 valence electrons. The second-order valence-corrected chi connectivity index (χ2v) is 4.69. The van der Waals surface area contributed by atoms with Gasteiger partial charge in [-0.2, -0.15) is 5.10 Å². The summed E-state index contributed by atoms with van der Waals surface area (Å²) in [6.45, 7) is 7.34. The van der Waals surface area contributed by atoms with Crippen molar-refractivity contribution in [3.05, 3.63) is 36.2 Å². The summed E-state index contributed by atoms with van der Waals surface area (Å²) >= 11 is 0. The molecule has 18 heavy (non-hydrogen) atoms. The van der Waals surface area contributed by atoms with Gasteiger partial charge in [0.2, 0.25) is 0 Å². The summed E-state index contributed by atoms with van der Waals surface area (Å²) in [5, 5.41) is 11.3. The first-order chi connectivity index (χ1) is 8.81. The van der Waals surface area contributed by atoms with Gasteiger partial charge in [-0.15, -0.1) is 0 Å². The number of nitrogens with zero attached hydrogens (tertiary/aromatic N) is 2. The lowest BCUT2D eigenvalue weighted by Gasteiger charge is -2.13. The maximum Gasteiger partial charge on any atom is 0.0706 e. The van der Waals surface area contributed by atoms with Crippen LogP contribution in [-0.4, -0.2) is 28.7 Å². The van der Waals surface area contributed by atoms with Crippen LogP contribution in [0, 0.1) is 0 Å². The molecule has 0 aliphatic rings. The van der Waals surface area contributed by atoms with Gasteiger partial charge in [-0.3, -0.25) is 0 Å². The molecular formula is C14H22N4. The third-order valence-electron chi connectivity index (χ3n) is 3.02. The number of aromatic nitrogens is 2. The molecule has 0 radical (unpaired) electrons. The van der Waals surface area contributed by atoms with Gasteiger partial charge in [-0.05, 0) is 32.0 Å². The summed E-state index contributed by atoms with van der Waals surface area (Å²) in [5.41, 5.74) is 2.43. The van der Waals surface area contributed by atoms with Crippen molar-refractivity contribution in [2.45, 2.75) is 32.9 Å². The summed E-state index contributed by atoms with van der Waals surface area (Å²) in [5.74, 6) is 0. The first-order valence-electron chi connectivity index (χ1n) is 6.66. The van der Waals surface area contributed by atoms with E-state index in [-0.39, 0.29) is 0 Å². The summed E-state index contributed by atoms with van der Waals surface area (Å²) in [4.78, 5) is 0. The zero-order valence-electron chi connectivity index (χ0n) is 11.2. The fourth-order valence-corrected chi connectivity index (χ4v) is 1.98. The highest BCUT2D eigenvalue weighted by Crippen LogP contribution is 2.09. The van der Waals surface area contributed by atoms with Gasteiger partial charge < -0.3 is 10.6 Å². The Kier molecular flexibility index (Phi) is 4.73. The fraction of sp³-hybridized carbons (Fsp3) is 0.500. The molecule has 0 saturated heterocycles. The van der Waals surface area contributed by atoms with Gasteiger partial charge in [0.15, 0.2) is 0 Å². The first kappa shape index (κ1) is 13.1. The van der Waals surface area contributed by atoms with E-state index in [1.165, 1.54) is 17.5 Å². The summed E-state index contributed by atoms with van der Waals surface area (Å²) in [6.07, 6.45) is 5.10. The van der Waals surface area contributed by atoms with Gasteiger partial charge >= 0.3 is 0 Å². The SMILES string of the molecule is CCCNCC(C)NCc1cnn2ccccc12. The van der Waals surface area contributed by atoms with Crippen LogP contribution in [0.15, 0.2) is 30.6 Å². The Bertz CT molecular complexity index is 477. The molecule has 0 bridgehead atoms. The monoisotopic (exact) mass is 246 g/mol. The molecule has 2 heterocycles. The third-order valence-corrected chi connectivity index (χ3v) is 3.02. The van der Waals surface area contributed by atoms with E-state index in [1.54, 1.807) is 0 Å². The zero-order chi connectivity index (χ0) is 12.8. The summed E-state index contributed by atoms with van der Waals surface area (Å²) in [6, 6.07) is 6.61. The normalized spacial score (nSPS) is 13.0. The molecule has 2 rings (SSSR count). The Balaban J connectivity index is 1.86. The number of nitrogens with one attached hydrogen (secondary N) is 2. The van der Waals surface area contributed by atoms with Crippen LogP contribution in [-0.2, 0) is 6.54 Å². The number of rotatable bonds is 7. The Labute approximate surface area is 108 Å². The van der Waals surface area contributed by atoms with Crippen molar-refractivity contribution in [2.75, 3.05) is 13.1 Å². The number of hydrogen-bond acceptors (Lipinski definition) is 3. The van der Waals surface area contributed by atoms with E-state index in [0.29, 0.717) is 6.04 Å². The van der Waals surface area contributed by atoms with Crippen LogP contribution in [0.5, 0.6) is 0 Å². The number of hydrogen-bond donors (Lipinski definition) is 2. The lowest BCUT2D eigenvalue weighted by molar-refractivity contribution is 0.502. The third kappa shape index (κ3) is 3.31. The Morgan fingerprint density at radius 1 is 1.39 bits per heavy atom. The predicted molar refractivity (Wildman–Crippen MR) is 74.7 cm³/mol. The van der Waals surface area contributed by atoms with Crippen molar-refractivity contribution in [1.29, 1.82) is 0 Å². The fourth-order valence-electron chi connectivity index (χ4n) is 1.98. The molecule has 4 heteroatoms. The van der Waals surface area contributed by atoms with Crippen molar-refractivity contribution in [1.82, 2.24) is 20.2 Å². The maximum atomic E-state index is 4.33. The topological polar surface area (TPSA) is 41.4 Å². The molecule has 0 fully saturated rings. The van der Waals surface area contributed by atoms with E-state index >= 15 is 0 Å². The van der Waals surface area contributed by atoms with E-state index in [2.05, 4.69) is 35.6 Å². The molecule has 0 saturated carbocycles. The zero-order valence-corrected chi connectivity index (χ0v) is 11.2. The molecule has 1 atom stereocenters.